The van der Waals surface area contributed by atoms with Gasteiger partial charge in [-0.3, -0.25) is 9.59 Å². The molecular formula is C9H17N3O2. The molecule has 0 aromatic carbocycles. The minimum absolute atomic E-state index is 0.121. The number of carbonyl (C=O) groups excluding carboxylic acids is 2. The van der Waals surface area contributed by atoms with Crippen molar-refractivity contribution in [1.82, 2.24) is 10.6 Å². The Hall–Kier alpha value is -1.10. The van der Waals surface area contributed by atoms with Crippen molar-refractivity contribution < 1.29 is 9.59 Å². The van der Waals surface area contributed by atoms with Gasteiger partial charge >= 0.3 is 0 Å². The van der Waals surface area contributed by atoms with Crippen LogP contribution >= 0.6 is 0 Å². The summed E-state index contributed by atoms with van der Waals surface area (Å²) in [5, 5.41) is 6.06. The highest BCUT2D eigenvalue weighted by atomic mass is 16.2. The van der Waals surface area contributed by atoms with Crippen LogP contribution in [0.25, 0.3) is 0 Å². The number of rotatable bonds is 3. The average Bonchev–Trinajstić information content (AvgIpc) is 2.07. The van der Waals surface area contributed by atoms with Crippen LogP contribution in [0.5, 0.6) is 0 Å². The van der Waals surface area contributed by atoms with E-state index < -0.39 is 5.91 Å². The molecule has 0 aromatic rings. The molecule has 0 aromatic heterocycles. The zero-order valence-corrected chi connectivity index (χ0v) is 8.38. The second-order valence-corrected chi connectivity index (χ2v) is 3.70. The van der Waals surface area contributed by atoms with E-state index in [4.69, 9.17) is 5.73 Å². The second-order valence-electron chi connectivity index (χ2n) is 3.70. The van der Waals surface area contributed by atoms with Crippen molar-refractivity contribution in [2.24, 2.45) is 5.73 Å². The first-order chi connectivity index (χ1) is 6.59. The van der Waals surface area contributed by atoms with Gasteiger partial charge in [0.25, 0.3) is 0 Å². The monoisotopic (exact) mass is 199 g/mol. The Morgan fingerprint density at radius 1 is 1.57 bits per heavy atom. The molecule has 1 rings (SSSR count). The van der Waals surface area contributed by atoms with E-state index in [1.807, 2.05) is 6.92 Å². The lowest BCUT2D eigenvalue weighted by atomic mass is 10.00. The Morgan fingerprint density at radius 3 is 2.86 bits per heavy atom. The van der Waals surface area contributed by atoms with Gasteiger partial charge < -0.3 is 16.4 Å². The molecule has 1 aliphatic rings. The van der Waals surface area contributed by atoms with Crippen LogP contribution in [-0.4, -0.2) is 30.4 Å². The highest BCUT2D eigenvalue weighted by Crippen LogP contribution is 2.07. The normalized spacial score (nSPS) is 26.9. The molecule has 14 heavy (non-hydrogen) atoms. The molecule has 1 heterocycles. The molecule has 1 aliphatic heterocycles. The molecule has 2 amide bonds. The maximum atomic E-state index is 11.2. The largest absolute Gasteiger partial charge is 0.369 e. The molecule has 2 atom stereocenters. The van der Waals surface area contributed by atoms with Crippen molar-refractivity contribution >= 4 is 11.8 Å². The molecule has 0 radical (unpaired) electrons. The number of primary amides is 1. The summed E-state index contributed by atoms with van der Waals surface area (Å²) < 4.78 is 0. The number of hydrogen-bond donors (Lipinski definition) is 3. The molecule has 0 spiro atoms. The van der Waals surface area contributed by atoms with E-state index in [2.05, 4.69) is 10.6 Å². The summed E-state index contributed by atoms with van der Waals surface area (Å²) in [5.41, 5.74) is 4.92. The maximum absolute atomic E-state index is 11.2. The van der Waals surface area contributed by atoms with Crippen LogP contribution < -0.4 is 16.4 Å². The van der Waals surface area contributed by atoms with E-state index in [1.54, 1.807) is 0 Å². The van der Waals surface area contributed by atoms with Gasteiger partial charge in [0.15, 0.2) is 0 Å². The summed E-state index contributed by atoms with van der Waals surface area (Å²) in [6, 6.07) is 0.385. The number of amides is 2. The third-order valence-corrected chi connectivity index (χ3v) is 2.44. The van der Waals surface area contributed by atoms with Gasteiger partial charge in [-0.25, -0.2) is 0 Å². The third-order valence-electron chi connectivity index (χ3n) is 2.44. The average molecular weight is 199 g/mol. The Kier molecular flexibility index (Phi) is 3.88. The molecular weight excluding hydrogens is 182 g/mol. The van der Waals surface area contributed by atoms with Crippen molar-refractivity contribution in [2.45, 2.75) is 38.3 Å². The van der Waals surface area contributed by atoms with Crippen molar-refractivity contribution in [1.29, 1.82) is 0 Å². The molecule has 5 heteroatoms. The van der Waals surface area contributed by atoms with Gasteiger partial charge in [-0.15, -0.1) is 0 Å². The number of carbonyl (C=O) groups is 2. The SMILES string of the molecule is CC1NCCCC1NC(=O)CC(N)=O. The van der Waals surface area contributed by atoms with Crippen molar-refractivity contribution in [2.75, 3.05) is 6.54 Å². The predicted octanol–water partition coefficient (Wildman–Crippen LogP) is -0.881. The molecule has 0 bridgehead atoms. The van der Waals surface area contributed by atoms with Crippen LogP contribution in [-0.2, 0) is 9.59 Å². The van der Waals surface area contributed by atoms with Gasteiger partial charge in [-0.05, 0) is 26.3 Å². The number of nitrogens with one attached hydrogen (secondary N) is 2. The lowest BCUT2D eigenvalue weighted by Crippen LogP contribution is -2.52. The molecule has 80 valence electrons. The Bertz CT molecular complexity index is 230. The molecule has 1 fully saturated rings. The molecule has 2 unspecified atom stereocenters. The number of nitrogens with two attached hydrogens (primary N) is 1. The highest BCUT2D eigenvalue weighted by molar-refractivity contribution is 5.96. The van der Waals surface area contributed by atoms with Crippen LogP contribution in [0.2, 0.25) is 0 Å². The minimum Gasteiger partial charge on any atom is -0.369 e. The minimum atomic E-state index is -0.584. The zero-order chi connectivity index (χ0) is 10.6. The predicted molar refractivity (Wildman–Crippen MR) is 52.4 cm³/mol. The topological polar surface area (TPSA) is 84.2 Å². The van der Waals surface area contributed by atoms with E-state index >= 15 is 0 Å². The summed E-state index contributed by atoms with van der Waals surface area (Å²) in [7, 11) is 0. The third kappa shape index (κ3) is 3.33. The first-order valence-electron chi connectivity index (χ1n) is 4.90. The van der Waals surface area contributed by atoms with Gasteiger partial charge in [-0.1, -0.05) is 0 Å². The van der Waals surface area contributed by atoms with Gasteiger partial charge in [0, 0.05) is 12.1 Å². The van der Waals surface area contributed by atoms with Crippen LogP contribution in [0.3, 0.4) is 0 Å². The molecule has 0 saturated carbocycles. The number of hydrogen-bond acceptors (Lipinski definition) is 3. The Labute approximate surface area is 83.4 Å². The second kappa shape index (κ2) is 4.95. The van der Waals surface area contributed by atoms with Crippen LogP contribution in [0.4, 0.5) is 0 Å². The number of piperidine rings is 1. The van der Waals surface area contributed by atoms with Crippen LogP contribution in [0.1, 0.15) is 26.2 Å². The first-order valence-corrected chi connectivity index (χ1v) is 4.90. The Morgan fingerprint density at radius 2 is 2.29 bits per heavy atom. The summed E-state index contributed by atoms with van der Waals surface area (Å²) in [5.74, 6) is -0.864. The van der Waals surface area contributed by atoms with E-state index in [1.165, 1.54) is 0 Å². The lowest BCUT2D eigenvalue weighted by molar-refractivity contribution is -0.128. The van der Waals surface area contributed by atoms with E-state index in [9.17, 15) is 9.59 Å². The van der Waals surface area contributed by atoms with Gasteiger partial charge in [0.2, 0.25) is 11.8 Å². The van der Waals surface area contributed by atoms with Crippen LogP contribution in [0, 0.1) is 0 Å². The van der Waals surface area contributed by atoms with E-state index in [0.717, 1.165) is 19.4 Å². The fourth-order valence-electron chi connectivity index (χ4n) is 1.66. The summed E-state index contributed by atoms with van der Waals surface area (Å²) in [6.07, 6.45) is 1.79. The summed E-state index contributed by atoms with van der Waals surface area (Å²) in [4.78, 5) is 21.7. The van der Waals surface area contributed by atoms with Gasteiger partial charge in [0.05, 0.1) is 0 Å². The van der Waals surface area contributed by atoms with E-state index in [0.29, 0.717) is 0 Å². The highest BCUT2D eigenvalue weighted by Gasteiger charge is 2.22. The fourth-order valence-corrected chi connectivity index (χ4v) is 1.66. The standard InChI is InChI=1S/C9H17N3O2/c1-6-7(3-2-4-11-6)12-9(14)5-8(10)13/h6-7,11H,2-5H2,1H3,(H2,10,13)(H,12,14). The lowest BCUT2D eigenvalue weighted by Gasteiger charge is -2.30. The smallest absolute Gasteiger partial charge is 0.229 e. The van der Waals surface area contributed by atoms with E-state index in [-0.39, 0.29) is 24.4 Å². The first kappa shape index (κ1) is 11.0. The van der Waals surface area contributed by atoms with Crippen molar-refractivity contribution in [3.8, 4) is 0 Å². The maximum Gasteiger partial charge on any atom is 0.229 e. The quantitative estimate of drug-likeness (QED) is 0.516. The van der Waals surface area contributed by atoms with Gasteiger partial charge in [0.1, 0.15) is 6.42 Å². The van der Waals surface area contributed by atoms with Crippen molar-refractivity contribution in [3.63, 3.8) is 0 Å². The molecule has 0 aliphatic carbocycles. The summed E-state index contributed by atoms with van der Waals surface area (Å²) >= 11 is 0. The van der Waals surface area contributed by atoms with Crippen molar-refractivity contribution in [3.05, 3.63) is 0 Å². The zero-order valence-electron chi connectivity index (χ0n) is 8.38. The van der Waals surface area contributed by atoms with Gasteiger partial charge in [-0.2, -0.15) is 0 Å². The molecule has 1 saturated heterocycles. The van der Waals surface area contributed by atoms with Crippen LogP contribution in [0.15, 0.2) is 0 Å². The summed E-state index contributed by atoms with van der Waals surface area (Å²) in [6.45, 7) is 3.01. The molecule has 5 nitrogen and oxygen atoms in total. The fraction of sp³-hybridized carbons (Fsp3) is 0.778. The Balaban J connectivity index is 2.34. The molecule has 4 N–H and O–H groups in total.